The number of hydrogen-bond acceptors (Lipinski definition) is 7. The van der Waals surface area contributed by atoms with Gasteiger partial charge in [0.2, 0.25) is 17.6 Å². The second-order valence-electron chi connectivity index (χ2n) is 7.67. The highest BCUT2D eigenvalue weighted by molar-refractivity contribution is 7.91. The SMILES string of the molecule is Cc1nc(-c2csc(S(=O)(=O)N3CCC[C@H](C(=O)N(C)Cc4ccccc4)C3)c2)no1. The number of amides is 1. The molecule has 1 atom stereocenters. The van der Waals surface area contributed by atoms with E-state index < -0.39 is 10.0 Å². The molecule has 164 valence electrons. The van der Waals surface area contributed by atoms with Crippen LogP contribution >= 0.6 is 11.3 Å². The standard InChI is InChI=1S/C21H24N4O4S2/c1-15-22-20(23-29-15)18-11-19(30-14-18)31(27,28)25-10-6-9-17(13-25)21(26)24(2)12-16-7-4-3-5-8-16/h3-5,7-8,11,14,17H,6,9-10,12-13H2,1-2H3/t17-/m0/s1. The molecule has 8 nitrogen and oxygen atoms in total. The molecule has 4 rings (SSSR count). The highest BCUT2D eigenvalue weighted by Gasteiger charge is 2.35. The lowest BCUT2D eigenvalue weighted by Gasteiger charge is -2.33. The maximum absolute atomic E-state index is 13.2. The number of sulfonamides is 1. The second-order valence-corrected chi connectivity index (χ2v) is 10.7. The number of aromatic nitrogens is 2. The summed E-state index contributed by atoms with van der Waals surface area (Å²) in [6.45, 7) is 2.78. The molecule has 0 unspecified atom stereocenters. The fourth-order valence-corrected chi connectivity index (χ4v) is 6.56. The molecule has 0 N–H and O–H groups in total. The fourth-order valence-electron chi connectivity index (χ4n) is 3.72. The third-order valence-electron chi connectivity index (χ3n) is 5.33. The zero-order valence-corrected chi connectivity index (χ0v) is 19.0. The smallest absolute Gasteiger partial charge is 0.252 e. The first-order chi connectivity index (χ1) is 14.8. The van der Waals surface area contributed by atoms with Crippen LogP contribution in [-0.4, -0.2) is 53.8 Å². The average Bonchev–Trinajstić information content (AvgIpc) is 3.43. The Balaban J connectivity index is 1.46. The molecule has 1 saturated heterocycles. The molecule has 1 amide bonds. The van der Waals surface area contributed by atoms with E-state index in [1.165, 1.54) is 4.31 Å². The molecule has 0 radical (unpaired) electrons. The predicted molar refractivity (Wildman–Crippen MR) is 117 cm³/mol. The van der Waals surface area contributed by atoms with Crippen molar-refractivity contribution in [2.24, 2.45) is 5.92 Å². The van der Waals surface area contributed by atoms with Crippen LogP contribution in [0.4, 0.5) is 0 Å². The van der Waals surface area contributed by atoms with Gasteiger partial charge in [-0.3, -0.25) is 4.79 Å². The summed E-state index contributed by atoms with van der Waals surface area (Å²) in [5, 5.41) is 5.55. The Bertz CT molecular complexity index is 1160. The van der Waals surface area contributed by atoms with Crippen molar-refractivity contribution in [3.63, 3.8) is 0 Å². The van der Waals surface area contributed by atoms with Gasteiger partial charge in [-0.15, -0.1) is 11.3 Å². The van der Waals surface area contributed by atoms with E-state index in [2.05, 4.69) is 10.1 Å². The molecule has 1 aliphatic rings. The zero-order chi connectivity index (χ0) is 22.0. The summed E-state index contributed by atoms with van der Waals surface area (Å²) < 4.78 is 33.0. The van der Waals surface area contributed by atoms with E-state index in [0.29, 0.717) is 43.2 Å². The lowest BCUT2D eigenvalue weighted by atomic mass is 9.98. The summed E-state index contributed by atoms with van der Waals surface area (Å²) in [6, 6.07) is 11.3. The Hall–Kier alpha value is -2.56. The van der Waals surface area contributed by atoms with Crippen molar-refractivity contribution in [3.05, 3.63) is 53.2 Å². The van der Waals surface area contributed by atoms with E-state index in [-0.39, 0.29) is 22.6 Å². The molecule has 0 spiro atoms. The summed E-state index contributed by atoms with van der Waals surface area (Å²) in [5.41, 5.74) is 1.65. The minimum atomic E-state index is -3.70. The first-order valence-electron chi connectivity index (χ1n) is 10.0. The molecule has 1 fully saturated rings. The van der Waals surface area contributed by atoms with Gasteiger partial charge in [-0.2, -0.15) is 9.29 Å². The third kappa shape index (κ3) is 4.70. The first-order valence-corrected chi connectivity index (χ1v) is 12.3. The molecule has 31 heavy (non-hydrogen) atoms. The van der Waals surface area contributed by atoms with Crippen LogP contribution in [0.15, 0.2) is 50.5 Å². The number of benzene rings is 1. The van der Waals surface area contributed by atoms with Crippen LogP contribution in [0.25, 0.3) is 11.4 Å². The van der Waals surface area contributed by atoms with Crippen molar-refractivity contribution in [1.82, 2.24) is 19.3 Å². The van der Waals surface area contributed by atoms with E-state index >= 15 is 0 Å². The van der Waals surface area contributed by atoms with Gasteiger partial charge in [0, 0.05) is 44.5 Å². The molecule has 0 bridgehead atoms. The maximum atomic E-state index is 13.2. The van der Waals surface area contributed by atoms with Crippen molar-refractivity contribution in [2.75, 3.05) is 20.1 Å². The van der Waals surface area contributed by atoms with Crippen LogP contribution in [0.5, 0.6) is 0 Å². The normalized spacial score (nSPS) is 17.5. The number of hydrogen-bond donors (Lipinski definition) is 0. The van der Waals surface area contributed by atoms with Crippen LogP contribution in [0, 0.1) is 12.8 Å². The Kier molecular flexibility index (Phi) is 6.22. The molecule has 3 aromatic rings. The fraction of sp³-hybridized carbons (Fsp3) is 0.381. The zero-order valence-electron chi connectivity index (χ0n) is 17.4. The van der Waals surface area contributed by atoms with Gasteiger partial charge in [-0.25, -0.2) is 8.42 Å². The molecule has 0 saturated carbocycles. The summed E-state index contributed by atoms with van der Waals surface area (Å²) in [6.07, 6.45) is 1.33. The monoisotopic (exact) mass is 460 g/mol. The lowest BCUT2D eigenvalue weighted by molar-refractivity contribution is -0.135. The Labute approximate surface area is 185 Å². The predicted octanol–water partition coefficient (Wildman–Crippen LogP) is 3.17. The third-order valence-corrected chi connectivity index (χ3v) is 8.61. The van der Waals surface area contributed by atoms with Gasteiger partial charge >= 0.3 is 0 Å². The maximum Gasteiger partial charge on any atom is 0.252 e. The van der Waals surface area contributed by atoms with E-state index in [4.69, 9.17) is 4.52 Å². The number of rotatable bonds is 6. The van der Waals surface area contributed by atoms with E-state index in [1.807, 2.05) is 30.3 Å². The van der Waals surface area contributed by atoms with Gasteiger partial charge in [-0.05, 0) is 24.5 Å². The quantitative estimate of drug-likeness (QED) is 0.561. The largest absolute Gasteiger partial charge is 0.341 e. The molecular weight excluding hydrogens is 436 g/mol. The summed E-state index contributed by atoms with van der Waals surface area (Å²) in [5.74, 6) is 0.404. The molecular formula is C21H24N4O4S2. The van der Waals surface area contributed by atoms with Crippen molar-refractivity contribution < 1.29 is 17.7 Å². The topological polar surface area (TPSA) is 96.6 Å². The highest BCUT2D eigenvalue weighted by atomic mass is 32.2. The summed E-state index contributed by atoms with van der Waals surface area (Å²) >= 11 is 1.13. The van der Waals surface area contributed by atoms with Gasteiger partial charge in [0.1, 0.15) is 4.21 Å². The van der Waals surface area contributed by atoms with Crippen LogP contribution in [-0.2, 0) is 21.4 Å². The van der Waals surface area contributed by atoms with Gasteiger partial charge in [0.25, 0.3) is 10.0 Å². The van der Waals surface area contributed by atoms with E-state index in [1.54, 1.807) is 30.3 Å². The van der Waals surface area contributed by atoms with Gasteiger partial charge < -0.3 is 9.42 Å². The minimum Gasteiger partial charge on any atom is -0.341 e. The molecule has 1 aliphatic heterocycles. The van der Waals surface area contributed by atoms with E-state index in [0.717, 1.165) is 16.9 Å². The molecule has 1 aromatic carbocycles. The van der Waals surface area contributed by atoms with Gasteiger partial charge in [-0.1, -0.05) is 35.5 Å². The van der Waals surface area contributed by atoms with Crippen LogP contribution in [0.1, 0.15) is 24.3 Å². The number of nitrogens with zero attached hydrogens (tertiary/aromatic N) is 4. The lowest BCUT2D eigenvalue weighted by Crippen LogP contribution is -2.45. The van der Waals surface area contributed by atoms with Gasteiger partial charge in [0.05, 0.1) is 5.92 Å². The number of carbonyl (C=O) groups excluding carboxylic acids is 1. The van der Waals surface area contributed by atoms with Crippen LogP contribution < -0.4 is 0 Å². The van der Waals surface area contributed by atoms with Crippen molar-refractivity contribution in [3.8, 4) is 11.4 Å². The second kappa shape index (κ2) is 8.89. The first kappa shape index (κ1) is 21.7. The van der Waals surface area contributed by atoms with Crippen molar-refractivity contribution in [2.45, 2.75) is 30.5 Å². The number of thiophene rings is 1. The van der Waals surface area contributed by atoms with E-state index in [9.17, 15) is 13.2 Å². The Morgan fingerprint density at radius 3 is 2.81 bits per heavy atom. The molecule has 10 heteroatoms. The van der Waals surface area contributed by atoms with Crippen molar-refractivity contribution in [1.29, 1.82) is 0 Å². The van der Waals surface area contributed by atoms with Crippen LogP contribution in [0.2, 0.25) is 0 Å². The molecule has 3 heterocycles. The number of aryl methyl sites for hydroxylation is 1. The molecule has 2 aromatic heterocycles. The Morgan fingerprint density at radius 1 is 1.32 bits per heavy atom. The van der Waals surface area contributed by atoms with Gasteiger partial charge in [0.15, 0.2) is 0 Å². The van der Waals surface area contributed by atoms with Crippen molar-refractivity contribution >= 4 is 27.3 Å². The minimum absolute atomic E-state index is 0.0297. The van der Waals surface area contributed by atoms with Crippen LogP contribution in [0.3, 0.4) is 0 Å². The summed E-state index contributed by atoms with van der Waals surface area (Å²) in [7, 11) is -1.93. The highest BCUT2D eigenvalue weighted by Crippen LogP contribution is 2.31. The number of piperidine rings is 1. The average molecular weight is 461 g/mol. The molecule has 0 aliphatic carbocycles. The Morgan fingerprint density at radius 2 is 2.10 bits per heavy atom. The number of carbonyl (C=O) groups is 1. The summed E-state index contributed by atoms with van der Waals surface area (Å²) in [4.78, 5) is 18.8.